The van der Waals surface area contributed by atoms with Crippen LogP contribution in [0.25, 0.3) is 0 Å². The highest BCUT2D eigenvalue weighted by Gasteiger charge is 2.34. The van der Waals surface area contributed by atoms with Crippen molar-refractivity contribution >= 4 is 0 Å². The summed E-state index contributed by atoms with van der Waals surface area (Å²) in [5.41, 5.74) is 1.75. The van der Waals surface area contributed by atoms with E-state index in [0.29, 0.717) is 5.54 Å². The molecule has 0 radical (unpaired) electrons. The molecule has 1 aromatic rings. The maximum Gasteiger partial charge on any atom is 0.104 e. The zero-order valence-corrected chi connectivity index (χ0v) is 10.7. The van der Waals surface area contributed by atoms with Crippen LogP contribution in [0.2, 0.25) is 0 Å². The molecule has 0 spiro atoms. The van der Waals surface area contributed by atoms with Crippen molar-refractivity contribution in [3.8, 4) is 0 Å². The van der Waals surface area contributed by atoms with E-state index in [1.165, 1.54) is 12.0 Å². The number of hydrogen-bond acceptors (Lipinski definition) is 0. The Morgan fingerprint density at radius 1 is 1.07 bits per heavy atom. The molecule has 15 heavy (non-hydrogen) atoms. The van der Waals surface area contributed by atoms with Crippen molar-refractivity contribution in [1.29, 1.82) is 0 Å². The molecular formula is C14H24N+. The van der Waals surface area contributed by atoms with Crippen LogP contribution in [0.15, 0.2) is 30.3 Å². The Hall–Kier alpha value is -0.820. The van der Waals surface area contributed by atoms with E-state index in [2.05, 4.69) is 65.2 Å². The van der Waals surface area contributed by atoms with Crippen LogP contribution < -0.4 is 0 Å². The van der Waals surface area contributed by atoms with Crippen LogP contribution in [-0.2, 0) is 6.54 Å². The molecule has 84 valence electrons. The zero-order chi connectivity index (χ0) is 11.5. The molecule has 0 aromatic heterocycles. The van der Waals surface area contributed by atoms with Gasteiger partial charge in [-0.3, -0.25) is 0 Å². The van der Waals surface area contributed by atoms with Crippen molar-refractivity contribution in [2.75, 3.05) is 14.1 Å². The van der Waals surface area contributed by atoms with E-state index in [-0.39, 0.29) is 0 Å². The van der Waals surface area contributed by atoms with Crippen LogP contribution in [0.5, 0.6) is 0 Å². The van der Waals surface area contributed by atoms with Gasteiger partial charge in [0.25, 0.3) is 0 Å². The monoisotopic (exact) mass is 206 g/mol. The normalized spacial score (nSPS) is 12.9. The van der Waals surface area contributed by atoms with E-state index in [0.717, 1.165) is 11.0 Å². The van der Waals surface area contributed by atoms with E-state index in [9.17, 15) is 0 Å². The van der Waals surface area contributed by atoms with Crippen LogP contribution >= 0.6 is 0 Å². The minimum absolute atomic E-state index is 0.329. The van der Waals surface area contributed by atoms with Gasteiger partial charge in [0.15, 0.2) is 0 Å². The van der Waals surface area contributed by atoms with E-state index >= 15 is 0 Å². The van der Waals surface area contributed by atoms with Gasteiger partial charge in [-0.1, -0.05) is 37.3 Å². The highest BCUT2D eigenvalue weighted by molar-refractivity contribution is 5.13. The average Bonchev–Trinajstić information content (AvgIpc) is 2.18. The van der Waals surface area contributed by atoms with E-state index in [4.69, 9.17) is 0 Å². The summed E-state index contributed by atoms with van der Waals surface area (Å²) in [6.07, 6.45) is 1.20. The number of hydrogen-bond donors (Lipinski definition) is 0. The standard InChI is InChI=1S/C14H24N/c1-6-14(2,3)15(4,5)12-13-10-8-7-9-11-13/h7-11H,6,12H2,1-5H3/q+1. The molecule has 1 heteroatoms. The van der Waals surface area contributed by atoms with Crippen molar-refractivity contribution < 1.29 is 4.48 Å². The molecule has 1 rings (SSSR count). The lowest BCUT2D eigenvalue weighted by Gasteiger charge is -2.44. The van der Waals surface area contributed by atoms with Gasteiger partial charge < -0.3 is 4.48 Å². The fourth-order valence-corrected chi connectivity index (χ4v) is 1.68. The minimum Gasteiger partial charge on any atom is -0.320 e. The zero-order valence-electron chi connectivity index (χ0n) is 10.7. The molecule has 1 aromatic carbocycles. The third-order valence-corrected chi connectivity index (χ3v) is 3.92. The Kier molecular flexibility index (Phi) is 3.56. The predicted octanol–water partition coefficient (Wildman–Crippen LogP) is 3.45. The second-order valence-corrected chi connectivity index (χ2v) is 5.49. The van der Waals surface area contributed by atoms with Gasteiger partial charge in [-0.25, -0.2) is 0 Å². The summed E-state index contributed by atoms with van der Waals surface area (Å²) >= 11 is 0. The number of benzene rings is 1. The summed E-state index contributed by atoms with van der Waals surface area (Å²) < 4.78 is 1.04. The Labute approximate surface area is 94.3 Å². The van der Waals surface area contributed by atoms with Crippen molar-refractivity contribution in [3.63, 3.8) is 0 Å². The summed E-state index contributed by atoms with van der Waals surface area (Å²) in [5.74, 6) is 0. The lowest BCUT2D eigenvalue weighted by Crippen LogP contribution is -2.54. The molecule has 0 fully saturated rings. The lowest BCUT2D eigenvalue weighted by atomic mass is 9.96. The lowest BCUT2D eigenvalue weighted by molar-refractivity contribution is -0.950. The fourth-order valence-electron chi connectivity index (χ4n) is 1.68. The molecule has 0 aliphatic heterocycles. The van der Waals surface area contributed by atoms with Crippen molar-refractivity contribution in [2.24, 2.45) is 0 Å². The molecule has 0 saturated heterocycles. The fraction of sp³-hybridized carbons (Fsp3) is 0.571. The summed E-state index contributed by atoms with van der Waals surface area (Å²) in [6.45, 7) is 8.05. The maximum atomic E-state index is 2.34. The topological polar surface area (TPSA) is 0 Å². The van der Waals surface area contributed by atoms with Gasteiger partial charge in [-0.05, 0) is 20.3 Å². The third kappa shape index (κ3) is 2.82. The Morgan fingerprint density at radius 3 is 2.07 bits per heavy atom. The molecule has 0 aliphatic carbocycles. The van der Waals surface area contributed by atoms with Gasteiger partial charge in [0.1, 0.15) is 6.54 Å². The summed E-state index contributed by atoms with van der Waals surface area (Å²) in [6, 6.07) is 10.7. The predicted molar refractivity (Wildman–Crippen MR) is 66.6 cm³/mol. The van der Waals surface area contributed by atoms with Crippen LogP contribution in [-0.4, -0.2) is 24.1 Å². The van der Waals surface area contributed by atoms with E-state index < -0.39 is 0 Å². The second kappa shape index (κ2) is 4.36. The Bertz CT molecular complexity index is 298. The van der Waals surface area contributed by atoms with Crippen LogP contribution in [0.4, 0.5) is 0 Å². The number of nitrogens with zero attached hydrogens (tertiary/aromatic N) is 1. The number of rotatable bonds is 4. The van der Waals surface area contributed by atoms with Crippen LogP contribution in [0.1, 0.15) is 32.8 Å². The molecule has 0 amide bonds. The first-order chi connectivity index (χ1) is 6.89. The first-order valence-corrected chi connectivity index (χ1v) is 5.76. The largest absolute Gasteiger partial charge is 0.320 e. The molecule has 0 bridgehead atoms. The molecular weight excluding hydrogens is 182 g/mol. The summed E-state index contributed by atoms with van der Waals surface area (Å²) in [4.78, 5) is 0. The van der Waals surface area contributed by atoms with E-state index in [1.807, 2.05) is 0 Å². The van der Waals surface area contributed by atoms with Crippen LogP contribution in [0.3, 0.4) is 0 Å². The summed E-state index contributed by atoms with van der Waals surface area (Å²) in [7, 11) is 4.63. The minimum atomic E-state index is 0.329. The van der Waals surface area contributed by atoms with Gasteiger partial charge in [-0.2, -0.15) is 0 Å². The second-order valence-electron chi connectivity index (χ2n) is 5.49. The number of quaternary nitrogens is 1. The average molecular weight is 206 g/mol. The molecule has 0 N–H and O–H groups in total. The smallest absolute Gasteiger partial charge is 0.104 e. The molecule has 1 nitrogen and oxygen atoms in total. The van der Waals surface area contributed by atoms with Crippen molar-refractivity contribution in [3.05, 3.63) is 35.9 Å². The molecule has 0 heterocycles. The first-order valence-electron chi connectivity index (χ1n) is 5.76. The van der Waals surface area contributed by atoms with Crippen molar-refractivity contribution in [1.82, 2.24) is 0 Å². The maximum absolute atomic E-state index is 2.34. The van der Waals surface area contributed by atoms with Crippen LogP contribution in [0, 0.1) is 0 Å². The van der Waals surface area contributed by atoms with Crippen molar-refractivity contribution in [2.45, 2.75) is 39.3 Å². The first kappa shape index (κ1) is 12.3. The van der Waals surface area contributed by atoms with Gasteiger partial charge in [0.05, 0.1) is 19.6 Å². The molecule has 0 saturated carbocycles. The third-order valence-electron chi connectivity index (χ3n) is 3.92. The Balaban J connectivity index is 2.81. The van der Waals surface area contributed by atoms with Gasteiger partial charge in [0, 0.05) is 5.56 Å². The highest BCUT2D eigenvalue weighted by Crippen LogP contribution is 2.26. The molecule has 0 aliphatic rings. The summed E-state index contributed by atoms with van der Waals surface area (Å²) in [5, 5.41) is 0. The molecule has 0 unspecified atom stereocenters. The quantitative estimate of drug-likeness (QED) is 0.662. The van der Waals surface area contributed by atoms with Gasteiger partial charge >= 0.3 is 0 Å². The van der Waals surface area contributed by atoms with E-state index in [1.54, 1.807) is 0 Å². The van der Waals surface area contributed by atoms with Gasteiger partial charge in [-0.15, -0.1) is 0 Å². The molecule has 0 atom stereocenters. The van der Waals surface area contributed by atoms with Gasteiger partial charge in [0.2, 0.25) is 0 Å². The SMILES string of the molecule is CCC(C)(C)[N+](C)(C)Cc1ccccc1. The Morgan fingerprint density at radius 2 is 1.60 bits per heavy atom. The highest BCUT2D eigenvalue weighted by atomic mass is 15.4.